The van der Waals surface area contributed by atoms with Gasteiger partial charge in [-0.2, -0.15) is 0 Å². The van der Waals surface area contributed by atoms with Crippen molar-refractivity contribution in [2.24, 2.45) is 57.2 Å². The highest BCUT2D eigenvalue weighted by Crippen LogP contribution is 2.84. The minimum atomic E-state index is -2.12. The SMILES string of the molecule is Fc1c(F)c(F)c(C23CC4CC(C2)CC(C25CC6CC(C2)CC(C27CC8CC(CC(c9c(F)c(F)c(F)c(F)c9F)(C8)C2)C7)(C6)C5)(C4)C3)c(F)c1F. The Morgan fingerprint density at radius 2 is 0.481 bits per heavy atom. The molecule has 12 aliphatic carbocycles. The maximum atomic E-state index is 15.7. The van der Waals surface area contributed by atoms with E-state index in [2.05, 4.69) is 0 Å². The van der Waals surface area contributed by atoms with Gasteiger partial charge < -0.3 is 0 Å². The molecule has 4 unspecified atom stereocenters. The molecule has 52 heavy (non-hydrogen) atoms. The first kappa shape index (κ1) is 33.1. The Morgan fingerprint density at radius 1 is 0.269 bits per heavy atom. The maximum absolute atomic E-state index is 15.7. The predicted octanol–water partition coefficient (Wildman–Crippen LogP) is 12.0. The van der Waals surface area contributed by atoms with Gasteiger partial charge in [0.05, 0.1) is 0 Å². The van der Waals surface area contributed by atoms with Crippen molar-refractivity contribution >= 4 is 0 Å². The summed E-state index contributed by atoms with van der Waals surface area (Å²) in [5, 5.41) is 0. The van der Waals surface area contributed by atoms with Crippen molar-refractivity contribution in [3.63, 3.8) is 0 Å². The molecule has 12 saturated carbocycles. The molecule has 12 bridgehead atoms. The zero-order valence-corrected chi connectivity index (χ0v) is 29.0. The van der Waals surface area contributed by atoms with Gasteiger partial charge in [-0.05, 0) is 173 Å². The standard InChI is InChI=1S/C42H42F10/c43-27-25(28(44)32(48)35(51)31(27)47)37-4-19-1-20(5-37)9-39(8-19,16-37)41-12-23-3-24(13-41)15-42(14-23,18-41)40-10-21-2-22(11-40)7-38(6-21,17-40)26-29(45)33(49)36(52)34(50)30(26)46/h19-24H,1-18H2. The normalized spacial score (nSPS) is 47.7. The van der Waals surface area contributed by atoms with Gasteiger partial charge >= 0.3 is 0 Å². The lowest BCUT2D eigenvalue weighted by atomic mass is 9.26. The second kappa shape index (κ2) is 9.94. The fraction of sp³-hybridized carbons (Fsp3) is 0.714. The average molecular weight is 737 g/mol. The highest BCUT2D eigenvalue weighted by atomic mass is 19.2. The lowest BCUT2D eigenvalue weighted by molar-refractivity contribution is -0.272. The lowest BCUT2D eigenvalue weighted by Gasteiger charge is -2.78. The summed E-state index contributed by atoms with van der Waals surface area (Å²) < 4.78 is 151. The van der Waals surface area contributed by atoms with E-state index < -0.39 is 80.1 Å². The number of halogens is 10. The van der Waals surface area contributed by atoms with E-state index in [1.807, 2.05) is 0 Å². The van der Waals surface area contributed by atoms with Crippen LogP contribution in [0.1, 0.15) is 127 Å². The third-order valence-corrected chi connectivity index (χ3v) is 17.9. The topological polar surface area (TPSA) is 0 Å². The van der Waals surface area contributed by atoms with Gasteiger partial charge in [0.25, 0.3) is 0 Å². The van der Waals surface area contributed by atoms with Gasteiger partial charge in [0.15, 0.2) is 46.5 Å². The summed E-state index contributed by atoms with van der Waals surface area (Å²) in [6.07, 6.45) is 13.5. The molecule has 4 atom stereocenters. The molecule has 280 valence electrons. The summed E-state index contributed by atoms with van der Waals surface area (Å²) in [7, 11) is 0. The summed E-state index contributed by atoms with van der Waals surface area (Å²) in [4.78, 5) is 0. The highest BCUT2D eigenvalue weighted by molar-refractivity contribution is 5.39. The van der Waals surface area contributed by atoms with Crippen LogP contribution in [0.3, 0.4) is 0 Å². The van der Waals surface area contributed by atoms with Gasteiger partial charge in [-0.1, -0.05) is 0 Å². The molecule has 12 aliphatic rings. The Kier molecular flexibility index (Phi) is 6.33. The van der Waals surface area contributed by atoms with Gasteiger partial charge in [0.2, 0.25) is 11.6 Å². The van der Waals surface area contributed by atoms with E-state index in [1.54, 1.807) is 0 Å². The molecule has 0 spiro atoms. The van der Waals surface area contributed by atoms with Gasteiger partial charge in [0.1, 0.15) is 0 Å². The van der Waals surface area contributed by atoms with E-state index in [0.717, 1.165) is 77.0 Å². The first-order valence-corrected chi connectivity index (χ1v) is 19.6. The first-order valence-electron chi connectivity index (χ1n) is 19.6. The summed E-state index contributed by atoms with van der Waals surface area (Å²) in [5.41, 5.74) is -4.58. The van der Waals surface area contributed by atoms with Crippen molar-refractivity contribution in [3.8, 4) is 0 Å². The Balaban J connectivity index is 1.03. The van der Waals surface area contributed by atoms with Crippen LogP contribution in [0.25, 0.3) is 0 Å². The van der Waals surface area contributed by atoms with Crippen molar-refractivity contribution < 1.29 is 43.9 Å². The van der Waals surface area contributed by atoms with Crippen molar-refractivity contribution in [3.05, 3.63) is 69.3 Å². The lowest BCUT2D eigenvalue weighted by Crippen LogP contribution is -2.69. The second-order valence-corrected chi connectivity index (χ2v) is 20.5. The molecule has 0 amide bonds. The predicted molar refractivity (Wildman–Crippen MR) is 170 cm³/mol. The van der Waals surface area contributed by atoms with E-state index in [-0.39, 0.29) is 45.3 Å². The molecule has 0 N–H and O–H groups in total. The number of hydrogen-bond donors (Lipinski definition) is 0. The Hall–Kier alpha value is -2.26. The van der Waals surface area contributed by atoms with Crippen molar-refractivity contribution in [2.75, 3.05) is 0 Å². The molecule has 0 radical (unpaired) electrons. The third-order valence-electron chi connectivity index (χ3n) is 17.9. The largest absolute Gasteiger partial charge is 0.203 e. The molecular weight excluding hydrogens is 694 g/mol. The van der Waals surface area contributed by atoms with Gasteiger partial charge in [-0.3, -0.25) is 0 Å². The fourth-order valence-corrected chi connectivity index (χ4v) is 18.0. The maximum Gasteiger partial charge on any atom is 0.200 e. The van der Waals surface area contributed by atoms with E-state index in [4.69, 9.17) is 0 Å². The van der Waals surface area contributed by atoms with Crippen LogP contribution in [-0.2, 0) is 10.8 Å². The van der Waals surface area contributed by atoms with Crippen molar-refractivity contribution in [1.82, 2.24) is 0 Å². The van der Waals surface area contributed by atoms with Gasteiger partial charge in [0, 0.05) is 22.0 Å². The van der Waals surface area contributed by atoms with E-state index >= 15 is 17.6 Å². The molecular formula is C42H42F10. The van der Waals surface area contributed by atoms with Gasteiger partial charge in [-0.15, -0.1) is 0 Å². The number of benzene rings is 2. The Morgan fingerprint density at radius 3 is 0.750 bits per heavy atom. The molecule has 0 heterocycles. The summed E-state index contributed by atoms with van der Waals surface area (Å²) in [6, 6.07) is 0. The quantitative estimate of drug-likeness (QED) is 0.167. The smallest absolute Gasteiger partial charge is 0.200 e. The summed E-state index contributed by atoms with van der Waals surface area (Å²) in [6.45, 7) is 0. The Labute approximate surface area is 296 Å². The number of rotatable bonds is 4. The average Bonchev–Trinajstić information content (AvgIpc) is 3.06. The fourth-order valence-electron chi connectivity index (χ4n) is 18.0. The third kappa shape index (κ3) is 3.80. The summed E-state index contributed by atoms with van der Waals surface area (Å²) >= 11 is 0. The van der Waals surface area contributed by atoms with Crippen molar-refractivity contribution in [2.45, 2.75) is 126 Å². The summed E-state index contributed by atoms with van der Waals surface area (Å²) in [5.74, 6) is -17.3. The molecule has 2 aromatic carbocycles. The molecule has 0 saturated heterocycles. The molecule has 0 nitrogen and oxygen atoms in total. The van der Waals surface area contributed by atoms with Crippen LogP contribution in [0.15, 0.2) is 0 Å². The van der Waals surface area contributed by atoms with Gasteiger partial charge in [-0.25, -0.2) is 43.9 Å². The van der Waals surface area contributed by atoms with Crippen LogP contribution in [0.4, 0.5) is 43.9 Å². The molecule has 0 aromatic heterocycles. The zero-order chi connectivity index (χ0) is 36.1. The first-order chi connectivity index (χ1) is 24.6. The molecule has 2 aromatic rings. The molecule has 10 heteroatoms. The van der Waals surface area contributed by atoms with Crippen LogP contribution < -0.4 is 0 Å². The second-order valence-electron chi connectivity index (χ2n) is 20.5. The van der Waals surface area contributed by atoms with E-state index in [9.17, 15) is 26.3 Å². The van der Waals surface area contributed by atoms with Crippen LogP contribution in [0.2, 0.25) is 0 Å². The number of hydrogen-bond acceptors (Lipinski definition) is 0. The van der Waals surface area contributed by atoms with Crippen LogP contribution in [-0.4, -0.2) is 0 Å². The highest BCUT2D eigenvalue weighted by Gasteiger charge is 2.75. The molecule has 0 aliphatic heterocycles. The van der Waals surface area contributed by atoms with Crippen LogP contribution >= 0.6 is 0 Å². The van der Waals surface area contributed by atoms with Crippen LogP contribution in [0, 0.1) is 115 Å². The van der Waals surface area contributed by atoms with Crippen molar-refractivity contribution in [1.29, 1.82) is 0 Å². The van der Waals surface area contributed by atoms with E-state index in [0.29, 0.717) is 50.4 Å². The van der Waals surface area contributed by atoms with E-state index in [1.165, 1.54) is 0 Å². The Bertz CT molecular complexity index is 1730. The van der Waals surface area contributed by atoms with Crippen LogP contribution in [0.5, 0.6) is 0 Å². The minimum Gasteiger partial charge on any atom is -0.203 e. The molecule has 12 fully saturated rings. The molecule has 14 rings (SSSR count). The zero-order valence-electron chi connectivity index (χ0n) is 29.0. The minimum absolute atomic E-state index is 0.122. The monoisotopic (exact) mass is 736 g/mol.